The Morgan fingerprint density at radius 2 is 1.81 bits per heavy atom. The quantitative estimate of drug-likeness (QED) is 0.861. The first kappa shape index (κ1) is 19.5. The molecule has 2 aliphatic rings. The van der Waals surface area contributed by atoms with Crippen LogP contribution in [-0.4, -0.2) is 66.6 Å². The zero-order chi connectivity index (χ0) is 18.8. The number of benzene rings is 1. The SMILES string of the molecule is CN1CCN(CC(c2cccc(OC(F)(F)F)c2)C2(O)CCCC2)CC1. The molecule has 1 aliphatic carbocycles. The van der Waals surface area contributed by atoms with Crippen molar-refractivity contribution in [2.24, 2.45) is 0 Å². The number of ether oxygens (including phenoxy) is 1. The average molecular weight is 372 g/mol. The zero-order valence-electron chi connectivity index (χ0n) is 15.1. The predicted octanol–water partition coefficient (Wildman–Crippen LogP) is 3.22. The first-order valence-electron chi connectivity index (χ1n) is 9.24. The van der Waals surface area contributed by atoms with Crippen molar-refractivity contribution in [3.05, 3.63) is 29.8 Å². The van der Waals surface area contributed by atoms with Gasteiger partial charge in [0.2, 0.25) is 0 Å². The van der Waals surface area contributed by atoms with Crippen molar-refractivity contribution in [2.45, 2.75) is 43.6 Å². The Balaban J connectivity index is 1.82. The lowest BCUT2D eigenvalue weighted by Crippen LogP contribution is -2.48. The molecule has 2 fully saturated rings. The van der Waals surface area contributed by atoms with E-state index in [4.69, 9.17) is 0 Å². The second-order valence-corrected chi connectivity index (χ2v) is 7.59. The van der Waals surface area contributed by atoms with Gasteiger partial charge >= 0.3 is 6.36 Å². The Kier molecular flexibility index (Phi) is 5.79. The highest BCUT2D eigenvalue weighted by Gasteiger charge is 2.41. The number of alkyl halides is 3. The first-order chi connectivity index (χ1) is 12.3. The van der Waals surface area contributed by atoms with E-state index in [1.54, 1.807) is 12.1 Å². The summed E-state index contributed by atoms with van der Waals surface area (Å²) in [6, 6.07) is 6.12. The molecule has 1 aromatic carbocycles. The Bertz CT molecular complexity index is 595. The fourth-order valence-electron chi connectivity index (χ4n) is 4.14. The minimum Gasteiger partial charge on any atom is -0.406 e. The molecular formula is C19H27F3N2O2. The lowest BCUT2D eigenvalue weighted by molar-refractivity contribution is -0.274. The summed E-state index contributed by atoms with van der Waals surface area (Å²) in [6.45, 7) is 4.38. The van der Waals surface area contributed by atoms with Crippen LogP contribution in [0.1, 0.15) is 37.2 Å². The predicted molar refractivity (Wildman–Crippen MR) is 93.2 cm³/mol. The van der Waals surface area contributed by atoms with E-state index in [0.29, 0.717) is 19.4 Å². The highest BCUT2D eigenvalue weighted by molar-refractivity contribution is 5.33. The van der Waals surface area contributed by atoms with E-state index in [9.17, 15) is 18.3 Å². The molecule has 1 saturated carbocycles. The highest BCUT2D eigenvalue weighted by Crippen LogP contribution is 2.42. The van der Waals surface area contributed by atoms with Crippen LogP contribution in [0, 0.1) is 0 Å². The minimum absolute atomic E-state index is 0.217. The molecule has 1 atom stereocenters. The van der Waals surface area contributed by atoms with Crippen LogP contribution in [0.3, 0.4) is 0 Å². The van der Waals surface area contributed by atoms with Crippen molar-refractivity contribution in [1.29, 1.82) is 0 Å². The molecule has 7 heteroatoms. The zero-order valence-corrected chi connectivity index (χ0v) is 15.1. The number of hydrogen-bond donors (Lipinski definition) is 1. The monoisotopic (exact) mass is 372 g/mol. The second-order valence-electron chi connectivity index (χ2n) is 7.59. The number of nitrogens with zero attached hydrogens (tertiary/aromatic N) is 2. The maximum absolute atomic E-state index is 12.6. The van der Waals surface area contributed by atoms with Gasteiger partial charge in [0.1, 0.15) is 5.75 Å². The molecular weight excluding hydrogens is 345 g/mol. The van der Waals surface area contributed by atoms with E-state index in [0.717, 1.165) is 44.6 Å². The molecule has 146 valence electrons. The van der Waals surface area contributed by atoms with E-state index in [1.165, 1.54) is 12.1 Å². The van der Waals surface area contributed by atoms with Crippen molar-refractivity contribution in [2.75, 3.05) is 39.8 Å². The van der Waals surface area contributed by atoms with Gasteiger partial charge in [0.25, 0.3) is 0 Å². The Hall–Kier alpha value is -1.31. The molecule has 3 rings (SSSR count). The number of halogens is 3. The fourth-order valence-corrected chi connectivity index (χ4v) is 4.14. The molecule has 0 bridgehead atoms. The third-order valence-electron chi connectivity index (χ3n) is 5.65. The molecule has 1 unspecified atom stereocenters. The molecule has 0 aromatic heterocycles. The van der Waals surface area contributed by atoms with Gasteiger partial charge in [0, 0.05) is 38.6 Å². The summed E-state index contributed by atoms with van der Waals surface area (Å²) < 4.78 is 41.8. The van der Waals surface area contributed by atoms with Gasteiger partial charge in [-0.05, 0) is 37.6 Å². The van der Waals surface area contributed by atoms with Crippen LogP contribution in [0.4, 0.5) is 13.2 Å². The Morgan fingerprint density at radius 1 is 1.15 bits per heavy atom. The van der Waals surface area contributed by atoms with Crippen LogP contribution in [0.15, 0.2) is 24.3 Å². The maximum atomic E-state index is 12.6. The van der Waals surface area contributed by atoms with Crippen molar-refractivity contribution >= 4 is 0 Å². The Labute approximate surface area is 152 Å². The third kappa shape index (κ3) is 4.90. The van der Waals surface area contributed by atoms with Gasteiger partial charge in [-0.2, -0.15) is 0 Å². The maximum Gasteiger partial charge on any atom is 0.573 e. The molecule has 1 saturated heterocycles. The molecule has 0 amide bonds. The van der Waals surface area contributed by atoms with Gasteiger partial charge < -0.3 is 19.6 Å². The normalized spacial score (nSPS) is 23.1. The summed E-state index contributed by atoms with van der Waals surface area (Å²) in [7, 11) is 2.08. The lowest BCUT2D eigenvalue weighted by atomic mass is 9.80. The summed E-state index contributed by atoms with van der Waals surface area (Å²) in [6.07, 6.45) is -1.43. The van der Waals surface area contributed by atoms with Crippen LogP contribution in [0.25, 0.3) is 0 Å². The summed E-state index contributed by atoms with van der Waals surface area (Å²) in [5, 5.41) is 11.2. The number of hydrogen-bond acceptors (Lipinski definition) is 4. The minimum atomic E-state index is -4.71. The van der Waals surface area contributed by atoms with Crippen LogP contribution in [0.5, 0.6) is 5.75 Å². The molecule has 26 heavy (non-hydrogen) atoms. The fraction of sp³-hybridized carbons (Fsp3) is 0.684. The van der Waals surface area contributed by atoms with Gasteiger partial charge in [-0.1, -0.05) is 25.0 Å². The third-order valence-corrected chi connectivity index (χ3v) is 5.65. The van der Waals surface area contributed by atoms with Crippen molar-refractivity contribution in [3.8, 4) is 5.75 Å². The summed E-state index contributed by atoms with van der Waals surface area (Å²) in [5.41, 5.74) is -0.143. The number of rotatable bonds is 5. The summed E-state index contributed by atoms with van der Waals surface area (Å²) >= 11 is 0. The average Bonchev–Trinajstić information content (AvgIpc) is 3.00. The van der Waals surface area contributed by atoms with Crippen molar-refractivity contribution in [3.63, 3.8) is 0 Å². The smallest absolute Gasteiger partial charge is 0.406 e. The summed E-state index contributed by atoms with van der Waals surface area (Å²) in [5.74, 6) is -0.440. The molecule has 1 heterocycles. The van der Waals surface area contributed by atoms with Crippen molar-refractivity contribution < 1.29 is 23.0 Å². The van der Waals surface area contributed by atoms with Gasteiger partial charge in [-0.3, -0.25) is 0 Å². The molecule has 1 N–H and O–H groups in total. The van der Waals surface area contributed by atoms with Gasteiger partial charge in [-0.15, -0.1) is 13.2 Å². The molecule has 1 aromatic rings. The highest BCUT2D eigenvalue weighted by atomic mass is 19.4. The van der Waals surface area contributed by atoms with E-state index in [-0.39, 0.29) is 11.7 Å². The first-order valence-corrected chi connectivity index (χ1v) is 9.24. The van der Waals surface area contributed by atoms with Crippen LogP contribution >= 0.6 is 0 Å². The van der Waals surface area contributed by atoms with E-state index in [1.807, 2.05) is 0 Å². The van der Waals surface area contributed by atoms with Crippen LogP contribution in [-0.2, 0) is 0 Å². The standard InChI is InChI=1S/C19H27F3N2O2/c1-23-9-11-24(12-10-23)14-17(18(25)7-2-3-8-18)15-5-4-6-16(13-15)26-19(20,21)22/h4-6,13,17,25H,2-3,7-12,14H2,1H3. The Morgan fingerprint density at radius 3 is 2.42 bits per heavy atom. The topological polar surface area (TPSA) is 35.9 Å². The van der Waals surface area contributed by atoms with E-state index in [2.05, 4.69) is 21.6 Å². The van der Waals surface area contributed by atoms with Crippen molar-refractivity contribution in [1.82, 2.24) is 9.80 Å². The van der Waals surface area contributed by atoms with Crippen LogP contribution in [0.2, 0.25) is 0 Å². The number of likely N-dealkylation sites (N-methyl/N-ethyl adjacent to an activating group) is 1. The summed E-state index contributed by atoms with van der Waals surface area (Å²) in [4.78, 5) is 4.56. The molecule has 1 aliphatic heterocycles. The second kappa shape index (κ2) is 7.74. The lowest BCUT2D eigenvalue weighted by Gasteiger charge is -2.40. The molecule has 0 spiro atoms. The molecule has 4 nitrogen and oxygen atoms in total. The number of aliphatic hydroxyl groups is 1. The number of piperazine rings is 1. The molecule has 0 radical (unpaired) electrons. The van der Waals surface area contributed by atoms with Gasteiger partial charge in [-0.25, -0.2) is 0 Å². The van der Waals surface area contributed by atoms with E-state index >= 15 is 0 Å². The largest absolute Gasteiger partial charge is 0.573 e. The van der Waals surface area contributed by atoms with Gasteiger partial charge in [0.05, 0.1) is 5.60 Å². The van der Waals surface area contributed by atoms with Gasteiger partial charge in [0.15, 0.2) is 0 Å². The van der Waals surface area contributed by atoms with Crippen LogP contribution < -0.4 is 4.74 Å². The van der Waals surface area contributed by atoms with E-state index < -0.39 is 12.0 Å².